The van der Waals surface area contributed by atoms with Crippen LogP contribution in [0.5, 0.6) is 0 Å². The van der Waals surface area contributed by atoms with Gasteiger partial charge in [0, 0.05) is 20.4 Å². The fourth-order valence-corrected chi connectivity index (χ4v) is 3.82. The molecule has 0 radical (unpaired) electrons. The van der Waals surface area contributed by atoms with E-state index in [1.54, 1.807) is 0 Å². The van der Waals surface area contributed by atoms with E-state index in [1.165, 1.54) is 16.7 Å². The summed E-state index contributed by atoms with van der Waals surface area (Å²) in [4.78, 5) is 0. The lowest BCUT2D eigenvalue weighted by Crippen LogP contribution is -2.01. The van der Waals surface area contributed by atoms with Gasteiger partial charge in [-0.25, -0.2) is 0 Å². The third kappa shape index (κ3) is 5.97. The van der Waals surface area contributed by atoms with Gasteiger partial charge in [-0.05, 0) is 46.5 Å². The number of alkyl halides is 1. The molecule has 3 heteroatoms. The number of hydrogen-bond acceptors (Lipinski definition) is 0. The van der Waals surface area contributed by atoms with E-state index in [4.69, 9.17) is 23.2 Å². The average molecular weight is 505 g/mol. The van der Waals surface area contributed by atoms with E-state index < -0.39 is 0 Å². The summed E-state index contributed by atoms with van der Waals surface area (Å²) in [7, 11) is 0. The summed E-state index contributed by atoms with van der Waals surface area (Å²) in [5.74, 6) is 0.176. The molecule has 3 rings (SSSR count). The molecule has 136 valence electrons. The number of benzene rings is 3. The third-order valence-electron chi connectivity index (χ3n) is 4.29. The lowest BCUT2D eigenvalue weighted by Gasteiger charge is -2.17. The molecule has 0 aliphatic heterocycles. The summed E-state index contributed by atoms with van der Waals surface area (Å²) in [5.41, 5.74) is 4.91. The first-order valence-electron chi connectivity index (χ1n) is 8.66. The molecule has 0 N–H and O–H groups in total. The van der Waals surface area contributed by atoms with Crippen LogP contribution < -0.4 is 0 Å². The van der Waals surface area contributed by atoms with Gasteiger partial charge in [-0.1, -0.05) is 119 Å². The van der Waals surface area contributed by atoms with Crippen molar-refractivity contribution < 1.29 is 0 Å². The van der Waals surface area contributed by atoms with E-state index in [9.17, 15) is 0 Å². The Morgan fingerprint density at radius 1 is 0.778 bits per heavy atom. The molecular weight excluding hydrogens is 486 g/mol. The van der Waals surface area contributed by atoms with Crippen LogP contribution in [0.1, 0.15) is 22.6 Å². The summed E-state index contributed by atoms with van der Waals surface area (Å²) in [6.45, 7) is 0. The van der Waals surface area contributed by atoms with Gasteiger partial charge in [-0.15, -0.1) is 0 Å². The minimum Gasteiger partial charge on any atom is -0.0843 e. The second-order valence-corrected chi connectivity index (χ2v) is 7.84. The monoisotopic (exact) mass is 504 g/mol. The van der Waals surface area contributed by atoms with Gasteiger partial charge in [0.05, 0.1) is 0 Å². The van der Waals surface area contributed by atoms with Crippen molar-refractivity contribution in [1.82, 2.24) is 0 Å². The molecule has 0 bridgehead atoms. The standard InChI is InChI=1S/C24H19Cl2I/c25-22-11-6-18(7-12-22)8-15-24(20-9-13-23(26)14-10-20)21(17-27)16-19-4-2-1-3-5-19/h1-16,24H,17H2/b15-8+,21-16+. The zero-order chi connectivity index (χ0) is 19.1. The van der Waals surface area contributed by atoms with Crippen LogP contribution in [0.25, 0.3) is 12.2 Å². The Morgan fingerprint density at radius 3 is 1.96 bits per heavy atom. The summed E-state index contributed by atoms with van der Waals surface area (Å²) in [6, 6.07) is 26.4. The summed E-state index contributed by atoms with van der Waals surface area (Å²) in [5, 5.41) is 1.50. The van der Waals surface area contributed by atoms with E-state index in [0.717, 1.165) is 20.0 Å². The lowest BCUT2D eigenvalue weighted by atomic mass is 9.90. The molecule has 3 aromatic carbocycles. The van der Waals surface area contributed by atoms with Crippen LogP contribution in [0, 0.1) is 0 Å². The SMILES string of the molecule is Clc1ccc(/C=C/C(/C(=C/c2ccccc2)CI)c2ccc(Cl)cc2)cc1. The minimum absolute atomic E-state index is 0.176. The Hall–Kier alpha value is -1.55. The fourth-order valence-electron chi connectivity index (χ4n) is 2.87. The number of halogens is 3. The number of rotatable bonds is 6. The molecule has 0 heterocycles. The molecule has 1 atom stereocenters. The Morgan fingerprint density at radius 2 is 1.37 bits per heavy atom. The Balaban J connectivity index is 1.99. The maximum Gasteiger partial charge on any atom is 0.0406 e. The van der Waals surface area contributed by atoms with Crippen molar-refractivity contribution >= 4 is 57.9 Å². The average Bonchev–Trinajstić information content (AvgIpc) is 2.70. The topological polar surface area (TPSA) is 0 Å². The Bertz CT molecular complexity index is 911. The van der Waals surface area contributed by atoms with Gasteiger partial charge in [0.1, 0.15) is 0 Å². The highest BCUT2D eigenvalue weighted by atomic mass is 127. The van der Waals surface area contributed by atoms with Crippen LogP contribution >= 0.6 is 45.8 Å². The van der Waals surface area contributed by atoms with E-state index >= 15 is 0 Å². The molecule has 27 heavy (non-hydrogen) atoms. The Labute approximate surface area is 184 Å². The van der Waals surface area contributed by atoms with Crippen LogP contribution in [-0.2, 0) is 0 Å². The molecule has 0 saturated carbocycles. The van der Waals surface area contributed by atoms with E-state index in [2.05, 4.69) is 77.2 Å². The summed E-state index contributed by atoms with van der Waals surface area (Å²) < 4.78 is 0.935. The highest BCUT2D eigenvalue weighted by molar-refractivity contribution is 14.1. The molecule has 3 aromatic rings. The van der Waals surface area contributed by atoms with Gasteiger partial charge in [0.25, 0.3) is 0 Å². The molecule has 0 nitrogen and oxygen atoms in total. The van der Waals surface area contributed by atoms with Crippen molar-refractivity contribution in [2.45, 2.75) is 5.92 Å². The number of hydrogen-bond donors (Lipinski definition) is 0. The van der Waals surface area contributed by atoms with Crippen molar-refractivity contribution in [2.75, 3.05) is 4.43 Å². The van der Waals surface area contributed by atoms with Crippen LogP contribution in [0.15, 0.2) is 90.5 Å². The van der Waals surface area contributed by atoms with E-state index in [-0.39, 0.29) is 5.92 Å². The first kappa shape index (κ1) is 20.2. The van der Waals surface area contributed by atoms with E-state index in [0.29, 0.717) is 0 Å². The van der Waals surface area contributed by atoms with Gasteiger partial charge in [-0.3, -0.25) is 0 Å². The lowest BCUT2D eigenvalue weighted by molar-refractivity contribution is 1.02. The molecule has 0 aliphatic carbocycles. The highest BCUT2D eigenvalue weighted by Gasteiger charge is 2.13. The van der Waals surface area contributed by atoms with Crippen molar-refractivity contribution in [3.63, 3.8) is 0 Å². The van der Waals surface area contributed by atoms with Gasteiger partial charge in [0.2, 0.25) is 0 Å². The molecule has 0 amide bonds. The first-order valence-corrected chi connectivity index (χ1v) is 10.9. The summed E-state index contributed by atoms with van der Waals surface area (Å²) >= 11 is 14.5. The van der Waals surface area contributed by atoms with Crippen molar-refractivity contribution in [3.8, 4) is 0 Å². The van der Waals surface area contributed by atoms with Crippen LogP contribution in [0.4, 0.5) is 0 Å². The Kier molecular flexibility index (Phi) is 7.57. The fraction of sp³-hybridized carbons (Fsp3) is 0.0833. The normalized spacial score (nSPS) is 13.1. The molecule has 0 aliphatic rings. The second-order valence-electron chi connectivity index (χ2n) is 6.20. The predicted molar refractivity (Wildman–Crippen MR) is 128 cm³/mol. The maximum atomic E-state index is 6.10. The van der Waals surface area contributed by atoms with Crippen molar-refractivity contribution in [3.05, 3.63) is 117 Å². The molecule has 0 saturated heterocycles. The molecule has 0 fully saturated rings. The molecule has 0 spiro atoms. The van der Waals surface area contributed by atoms with Crippen molar-refractivity contribution in [2.24, 2.45) is 0 Å². The van der Waals surface area contributed by atoms with Crippen LogP contribution in [0.2, 0.25) is 10.0 Å². The predicted octanol–water partition coefficient (Wildman–Crippen LogP) is 8.31. The smallest absolute Gasteiger partial charge is 0.0406 e. The van der Waals surface area contributed by atoms with Gasteiger partial charge < -0.3 is 0 Å². The van der Waals surface area contributed by atoms with Gasteiger partial charge in [0.15, 0.2) is 0 Å². The van der Waals surface area contributed by atoms with Crippen LogP contribution in [0.3, 0.4) is 0 Å². The largest absolute Gasteiger partial charge is 0.0843 e. The molecule has 0 aromatic heterocycles. The zero-order valence-electron chi connectivity index (χ0n) is 14.7. The van der Waals surface area contributed by atoms with Gasteiger partial charge >= 0.3 is 0 Å². The highest BCUT2D eigenvalue weighted by Crippen LogP contribution is 2.31. The molecular formula is C24H19Cl2I. The summed E-state index contributed by atoms with van der Waals surface area (Å²) in [6.07, 6.45) is 6.68. The van der Waals surface area contributed by atoms with Crippen molar-refractivity contribution in [1.29, 1.82) is 0 Å². The third-order valence-corrected chi connectivity index (χ3v) is 5.67. The molecule has 1 unspecified atom stereocenters. The quantitative estimate of drug-likeness (QED) is 0.234. The minimum atomic E-state index is 0.176. The van der Waals surface area contributed by atoms with Gasteiger partial charge in [-0.2, -0.15) is 0 Å². The zero-order valence-corrected chi connectivity index (χ0v) is 18.3. The maximum absolute atomic E-state index is 6.10. The second kappa shape index (κ2) is 10.1. The number of allylic oxidation sites excluding steroid dienone is 2. The van der Waals surface area contributed by atoms with Crippen LogP contribution in [-0.4, -0.2) is 4.43 Å². The van der Waals surface area contributed by atoms with E-state index in [1.807, 2.05) is 42.5 Å². The first-order chi connectivity index (χ1) is 13.2.